The van der Waals surface area contributed by atoms with Crippen LogP contribution in [0.15, 0.2) is 48.5 Å². The molecule has 1 heterocycles. The van der Waals surface area contributed by atoms with Gasteiger partial charge in [-0.1, -0.05) is 49.7 Å². The van der Waals surface area contributed by atoms with Crippen LogP contribution in [0.25, 0.3) is 0 Å². The summed E-state index contributed by atoms with van der Waals surface area (Å²) >= 11 is 0. The number of carbonyl (C=O) groups excluding carboxylic acids is 2. The zero-order valence-electron chi connectivity index (χ0n) is 22.2. The van der Waals surface area contributed by atoms with E-state index >= 15 is 0 Å². The number of halogens is 1. The van der Waals surface area contributed by atoms with Crippen LogP contribution < -0.4 is 0 Å². The van der Waals surface area contributed by atoms with E-state index < -0.39 is 5.60 Å². The maximum atomic E-state index is 13.6. The second-order valence-corrected chi connectivity index (χ2v) is 11.5. The van der Waals surface area contributed by atoms with Gasteiger partial charge < -0.3 is 14.5 Å². The molecule has 1 aliphatic carbocycles. The van der Waals surface area contributed by atoms with E-state index in [0.717, 1.165) is 43.2 Å². The Balaban J connectivity index is 1.43. The highest BCUT2D eigenvalue weighted by Crippen LogP contribution is 2.50. The van der Waals surface area contributed by atoms with E-state index in [1.54, 1.807) is 17.0 Å². The van der Waals surface area contributed by atoms with Crippen molar-refractivity contribution in [3.8, 4) is 0 Å². The van der Waals surface area contributed by atoms with Crippen molar-refractivity contribution in [2.75, 3.05) is 13.6 Å². The minimum Gasteiger partial charge on any atom is -0.444 e. The van der Waals surface area contributed by atoms with Crippen LogP contribution in [0.1, 0.15) is 82.5 Å². The van der Waals surface area contributed by atoms with Crippen molar-refractivity contribution in [1.29, 1.82) is 0 Å². The van der Waals surface area contributed by atoms with Gasteiger partial charge in [0.15, 0.2) is 0 Å². The van der Waals surface area contributed by atoms with Gasteiger partial charge in [0.05, 0.1) is 6.04 Å². The molecule has 1 atom stereocenters. The molecule has 0 aromatic heterocycles. The second kappa shape index (κ2) is 10.2. The molecule has 0 N–H and O–H groups in total. The van der Waals surface area contributed by atoms with Crippen LogP contribution in [-0.4, -0.2) is 47.0 Å². The van der Waals surface area contributed by atoms with E-state index in [-0.39, 0.29) is 35.3 Å². The highest BCUT2D eigenvalue weighted by molar-refractivity contribution is 5.78. The summed E-state index contributed by atoms with van der Waals surface area (Å²) in [6.07, 6.45) is 4.55. The van der Waals surface area contributed by atoms with Crippen LogP contribution >= 0.6 is 0 Å². The molecule has 5 nitrogen and oxygen atoms in total. The smallest absolute Gasteiger partial charge is 0.410 e. The molecule has 0 spiro atoms. The third-order valence-electron chi connectivity index (χ3n) is 7.98. The number of nitrogens with zero attached hydrogens (tertiary/aromatic N) is 2. The SMILES string of the molecule is CCC1(CCC(=O)N2CCc3ccccc3[C@@H]2c2ccc(F)cc2)CC(N(C)C(=O)OC(C)(C)C)C1. The molecule has 4 rings (SSSR count). The van der Waals surface area contributed by atoms with Gasteiger partial charge in [0.1, 0.15) is 11.4 Å². The molecule has 0 unspecified atom stereocenters. The molecule has 0 radical (unpaired) electrons. The summed E-state index contributed by atoms with van der Waals surface area (Å²) in [5.74, 6) is -0.142. The van der Waals surface area contributed by atoms with Crippen LogP contribution in [-0.2, 0) is 16.0 Å². The maximum Gasteiger partial charge on any atom is 0.410 e. The number of ether oxygens (including phenoxy) is 1. The minimum atomic E-state index is -0.516. The fourth-order valence-electron chi connectivity index (χ4n) is 5.72. The number of amides is 2. The first-order valence-electron chi connectivity index (χ1n) is 13.1. The van der Waals surface area contributed by atoms with Gasteiger partial charge in [-0.25, -0.2) is 9.18 Å². The van der Waals surface area contributed by atoms with Gasteiger partial charge in [-0.15, -0.1) is 0 Å². The highest BCUT2D eigenvalue weighted by atomic mass is 19.1. The Labute approximate surface area is 214 Å². The number of carbonyl (C=O) groups is 2. The molecule has 2 amide bonds. The predicted octanol–water partition coefficient (Wildman–Crippen LogP) is 6.51. The van der Waals surface area contributed by atoms with Crippen molar-refractivity contribution < 1.29 is 18.7 Å². The predicted molar refractivity (Wildman–Crippen MR) is 139 cm³/mol. The first-order valence-corrected chi connectivity index (χ1v) is 13.1. The van der Waals surface area contributed by atoms with E-state index in [1.807, 2.05) is 44.9 Å². The Kier molecular flexibility index (Phi) is 7.44. The fraction of sp³-hybridized carbons (Fsp3) is 0.533. The zero-order chi connectivity index (χ0) is 26.1. The lowest BCUT2D eigenvalue weighted by atomic mass is 9.61. The highest BCUT2D eigenvalue weighted by Gasteiger charge is 2.46. The molecule has 1 aliphatic heterocycles. The second-order valence-electron chi connectivity index (χ2n) is 11.5. The van der Waals surface area contributed by atoms with Crippen molar-refractivity contribution in [3.05, 3.63) is 71.0 Å². The molecule has 0 saturated heterocycles. The summed E-state index contributed by atoms with van der Waals surface area (Å²) < 4.78 is 19.2. The van der Waals surface area contributed by atoms with E-state index in [0.29, 0.717) is 13.0 Å². The summed E-state index contributed by atoms with van der Waals surface area (Å²) in [7, 11) is 1.81. The van der Waals surface area contributed by atoms with E-state index in [2.05, 4.69) is 19.1 Å². The standard InChI is InChI=1S/C30H39FN2O3/c1-6-30(19-24(20-30)32(5)28(35)36-29(2,3)4)17-15-26(34)33-18-16-21-9-7-8-10-25(21)27(33)22-11-13-23(31)14-12-22/h7-14,24,27H,6,15-20H2,1-5H3/t24?,27-,30?/m0/s1. The monoisotopic (exact) mass is 494 g/mol. The molecule has 2 aliphatic rings. The molecule has 6 heteroatoms. The third-order valence-corrected chi connectivity index (χ3v) is 7.98. The molecule has 36 heavy (non-hydrogen) atoms. The van der Waals surface area contributed by atoms with Crippen molar-refractivity contribution in [2.24, 2.45) is 5.41 Å². The van der Waals surface area contributed by atoms with Crippen LogP contribution in [0.2, 0.25) is 0 Å². The molecule has 1 fully saturated rings. The van der Waals surface area contributed by atoms with Crippen molar-refractivity contribution >= 4 is 12.0 Å². The Morgan fingerprint density at radius 3 is 2.42 bits per heavy atom. The first-order chi connectivity index (χ1) is 17.0. The average Bonchev–Trinajstić information content (AvgIpc) is 2.82. The topological polar surface area (TPSA) is 49.9 Å². The van der Waals surface area contributed by atoms with Crippen molar-refractivity contribution in [1.82, 2.24) is 9.80 Å². The normalized spacial score (nSPS) is 23.4. The van der Waals surface area contributed by atoms with Crippen molar-refractivity contribution in [3.63, 3.8) is 0 Å². The summed E-state index contributed by atoms with van der Waals surface area (Å²) in [6.45, 7) is 8.45. The van der Waals surface area contributed by atoms with Crippen molar-refractivity contribution in [2.45, 2.75) is 83.9 Å². The average molecular weight is 495 g/mol. The van der Waals surface area contributed by atoms with Gasteiger partial charge in [-0.3, -0.25) is 4.79 Å². The van der Waals surface area contributed by atoms with E-state index in [9.17, 15) is 14.0 Å². The quantitative estimate of drug-likeness (QED) is 0.460. The van der Waals surface area contributed by atoms with Gasteiger partial charge >= 0.3 is 6.09 Å². The molecule has 0 bridgehead atoms. The van der Waals surface area contributed by atoms with Crippen LogP contribution in [0, 0.1) is 11.2 Å². The Morgan fingerprint density at radius 2 is 1.78 bits per heavy atom. The molecule has 2 aromatic carbocycles. The molecular formula is C30H39FN2O3. The number of fused-ring (bicyclic) bond motifs is 1. The summed E-state index contributed by atoms with van der Waals surface area (Å²) in [6, 6.07) is 14.7. The molecule has 2 aromatic rings. The summed E-state index contributed by atoms with van der Waals surface area (Å²) in [4.78, 5) is 29.8. The van der Waals surface area contributed by atoms with E-state index in [4.69, 9.17) is 4.74 Å². The largest absolute Gasteiger partial charge is 0.444 e. The lowest BCUT2D eigenvalue weighted by Crippen LogP contribution is -2.52. The van der Waals surface area contributed by atoms with Crippen LogP contribution in [0.3, 0.4) is 0 Å². The number of rotatable bonds is 6. The van der Waals surface area contributed by atoms with Gasteiger partial charge in [-0.05, 0) is 80.7 Å². The van der Waals surface area contributed by atoms with E-state index in [1.165, 1.54) is 17.7 Å². The lowest BCUT2D eigenvalue weighted by molar-refractivity contribution is -0.134. The van der Waals surface area contributed by atoms with Gasteiger partial charge in [0, 0.05) is 26.1 Å². The number of hydrogen-bond donors (Lipinski definition) is 0. The third kappa shape index (κ3) is 5.58. The molecule has 194 valence electrons. The Morgan fingerprint density at radius 1 is 1.11 bits per heavy atom. The minimum absolute atomic E-state index is 0.0651. The summed E-state index contributed by atoms with van der Waals surface area (Å²) in [5, 5.41) is 0. The summed E-state index contributed by atoms with van der Waals surface area (Å²) in [5.41, 5.74) is 2.85. The fourth-order valence-corrected chi connectivity index (χ4v) is 5.72. The number of benzene rings is 2. The van der Waals surface area contributed by atoms with Gasteiger partial charge in [-0.2, -0.15) is 0 Å². The Bertz CT molecular complexity index is 1090. The maximum absolute atomic E-state index is 13.6. The van der Waals surface area contributed by atoms with Crippen LogP contribution in [0.4, 0.5) is 9.18 Å². The van der Waals surface area contributed by atoms with Gasteiger partial charge in [0.2, 0.25) is 5.91 Å². The molecule has 1 saturated carbocycles. The number of hydrogen-bond acceptors (Lipinski definition) is 3. The van der Waals surface area contributed by atoms with Crippen LogP contribution in [0.5, 0.6) is 0 Å². The first kappa shape index (κ1) is 26.2. The molecular weight excluding hydrogens is 455 g/mol. The van der Waals surface area contributed by atoms with Gasteiger partial charge in [0.25, 0.3) is 0 Å². The lowest BCUT2D eigenvalue weighted by Gasteiger charge is -2.51. The Hall–Kier alpha value is -2.89. The zero-order valence-corrected chi connectivity index (χ0v) is 22.2.